The summed E-state index contributed by atoms with van der Waals surface area (Å²) < 4.78 is 68.7. The van der Waals surface area contributed by atoms with Gasteiger partial charge in [0.05, 0.1) is 25.4 Å². The van der Waals surface area contributed by atoms with Crippen LogP contribution in [0.15, 0.2) is 51.1 Å². The molecule has 0 spiro atoms. The zero-order valence-corrected chi connectivity index (χ0v) is 30.8. The topological polar surface area (TPSA) is 212 Å². The lowest BCUT2D eigenvalue weighted by Gasteiger charge is -2.25. The van der Waals surface area contributed by atoms with Crippen LogP contribution in [0.2, 0.25) is 0 Å². The Morgan fingerprint density at radius 2 is 1.61 bits per heavy atom. The van der Waals surface area contributed by atoms with Crippen LogP contribution in [0.1, 0.15) is 46.4 Å². The van der Waals surface area contributed by atoms with Gasteiger partial charge in [-0.15, -0.1) is 0 Å². The Morgan fingerprint density at radius 3 is 2.31 bits per heavy atom. The molecule has 7 rings (SSSR count). The van der Waals surface area contributed by atoms with Crippen molar-refractivity contribution in [1.82, 2.24) is 19.1 Å². The number of hydrogen-bond donors (Lipinski definition) is 3. The Morgan fingerprint density at radius 1 is 0.959 bits per heavy atom. The van der Waals surface area contributed by atoms with E-state index in [9.17, 15) is 28.6 Å². The summed E-state index contributed by atoms with van der Waals surface area (Å²) in [5.41, 5.74) is -0.300. The molecule has 9 atom stereocenters. The second-order valence-electron chi connectivity index (χ2n) is 13.1. The molecule has 1 saturated carbocycles. The van der Waals surface area contributed by atoms with E-state index in [4.69, 9.17) is 32.7 Å². The van der Waals surface area contributed by atoms with Gasteiger partial charge in [0.15, 0.2) is 33.7 Å². The van der Waals surface area contributed by atoms with Crippen LogP contribution in [0.25, 0.3) is 11.2 Å². The Bertz CT molecular complexity index is 1890. The molecule has 49 heavy (non-hydrogen) atoms. The number of rotatable bonds is 10. The van der Waals surface area contributed by atoms with Gasteiger partial charge in [-0.25, -0.2) is 19.1 Å². The number of ether oxygens (including phenoxy) is 5. The molecule has 3 aliphatic heterocycles. The average Bonchev–Trinajstić information content (AvgIpc) is 3.76. The lowest BCUT2D eigenvalue weighted by Crippen LogP contribution is -2.34. The Balaban J connectivity index is 1.16. The number of aromatic nitrogens is 4. The standard InChI is InChI=1S/C28H35BrN4O13P2S/c1-27(2)43-19-14(11-40-47(35,36)37)10-16(20(19)44-27)32-13-30-23-18(24(32)34)31-26(29)33(23)25-22-21(45-28(3,4)46-22)17(42-25)12-41-48(38,39)49-15-8-6-5-7-9-15/h5-9,13-14,16-17,19-22,25H,10-12H2,1-4H3,(H,38,39)(H2,35,36,37)/t14-,16-,17-,19-,20+,21-,22-,25-/m1/s1. The van der Waals surface area contributed by atoms with E-state index in [1.807, 2.05) is 0 Å². The van der Waals surface area contributed by atoms with Crippen LogP contribution in [0.5, 0.6) is 0 Å². The zero-order chi connectivity index (χ0) is 35.1. The van der Waals surface area contributed by atoms with Gasteiger partial charge >= 0.3 is 14.6 Å². The molecule has 0 amide bonds. The third kappa shape index (κ3) is 7.26. The van der Waals surface area contributed by atoms with Gasteiger partial charge in [-0.05, 0) is 73.6 Å². The van der Waals surface area contributed by atoms with Crippen molar-refractivity contribution in [2.45, 2.75) is 93.4 Å². The highest BCUT2D eigenvalue weighted by molar-refractivity contribution is 9.10. The molecule has 1 aliphatic carbocycles. The van der Waals surface area contributed by atoms with Crippen molar-refractivity contribution < 1.29 is 56.5 Å². The van der Waals surface area contributed by atoms with E-state index in [0.29, 0.717) is 16.3 Å². The van der Waals surface area contributed by atoms with Crippen LogP contribution in [-0.2, 0) is 41.9 Å². The highest BCUT2D eigenvalue weighted by atomic mass is 79.9. The van der Waals surface area contributed by atoms with Crippen LogP contribution in [0, 0.1) is 5.92 Å². The van der Waals surface area contributed by atoms with Crippen molar-refractivity contribution in [3.05, 3.63) is 51.7 Å². The third-order valence-electron chi connectivity index (χ3n) is 8.70. The maximum atomic E-state index is 14.0. The molecule has 1 aromatic carbocycles. The summed E-state index contributed by atoms with van der Waals surface area (Å²) >= 11 is 4.17. The minimum Gasteiger partial charge on any atom is -0.347 e. The molecule has 268 valence electrons. The molecule has 4 aliphatic rings. The van der Waals surface area contributed by atoms with Gasteiger partial charge < -0.3 is 38.4 Å². The van der Waals surface area contributed by atoms with E-state index >= 15 is 0 Å². The van der Waals surface area contributed by atoms with E-state index < -0.39 is 80.5 Å². The summed E-state index contributed by atoms with van der Waals surface area (Å²) in [5, 5.41) is 0. The molecule has 21 heteroatoms. The summed E-state index contributed by atoms with van der Waals surface area (Å²) in [7, 11) is -4.74. The SMILES string of the molecule is CC1(C)O[C@@H]2[C@@H](COP(=O)(O)O)C[C@@H](n3cnc4c(nc(Br)n4[C@@H]4O[C@H](COP(=O)(O)Sc5ccccc5)[C@H]5OC(C)(C)O[C@H]54)c3=O)[C@@H]2O1. The molecular formula is C28H35BrN4O13P2S. The third-order valence-corrected chi connectivity index (χ3v) is 12.6. The molecule has 3 N–H and O–H groups in total. The fraction of sp³-hybridized carbons (Fsp3) is 0.607. The molecule has 0 bridgehead atoms. The first-order valence-electron chi connectivity index (χ1n) is 15.3. The smallest absolute Gasteiger partial charge is 0.347 e. The van der Waals surface area contributed by atoms with Gasteiger partial charge in [0, 0.05) is 10.8 Å². The van der Waals surface area contributed by atoms with E-state index in [-0.39, 0.29) is 35.5 Å². The Hall–Kier alpha value is -1.54. The van der Waals surface area contributed by atoms with Crippen LogP contribution in [-0.4, -0.2) is 89.1 Å². The van der Waals surface area contributed by atoms with E-state index in [1.54, 1.807) is 62.6 Å². The highest BCUT2D eigenvalue weighted by Crippen LogP contribution is 2.60. The predicted molar refractivity (Wildman–Crippen MR) is 174 cm³/mol. The number of benzene rings is 1. The molecule has 5 heterocycles. The van der Waals surface area contributed by atoms with Crippen molar-refractivity contribution >= 4 is 53.1 Å². The Labute approximate surface area is 292 Å². The summed E-state index contributed by atoms with van der Waals surface area (Å²) in [6, 6.07) is 8.11. The van der Waals surface area contributed by atoms with E-state index in [2.05, 4.69) is 25.9 Å². The van der Waals surface area contributed by atoms with Crippen LogP contribution in [0.3, 0.4) is 0 Å². The largest absolute Gasteiger partial charge is 0.469 e. The first-order valence-corrected chi connectivity index (χ1v) is 20.7. The van der Waals surface area contributed by atoms with Gasteiger partial charge in [-0.2, -0.15) is 0 Å². The maximum Gasteiger partial charge on any atom is 0.469 e. The number of halogens is 1. The Kier molecular flexibility index (Phi) is 9.40. The molecule has 4 fully saturated rings. The zero-order valence-electron chi connectivity index (χ0n) is 26.6. The first kappa shape index (κ1) is 35.8. The molecule has 3 saturated heterocycles. The normalized spacial score (nSPS) is 33.1. The van der Waals surface area contributed by atoms with Gasteiger partial charge in [0.2, 0.25) is 0 Å². The van der Waals surface area contributed by atoms with E-state index in [1.165, 1.54) is 10.9 Å². The summed E-state index contributed by atoms with van der Waals surface area (Å²) in [6.07, 6.45) is -2.77. The lowest BCUT2D eigenvalue weighted by atomic mass is 10.1. The van der Waals surface area contributed by atoms with Crippen molar-refractivity contribution in [1.29, 1.82) is 0 Å². The summed E-state index contributed by atoms with van der Waals surface area (Å²) in [6.45, 7) is 2.20. The number of fused-ring (bicyclic) bond motifs is 3. The number of phosphoric ester groups is 1. The molecule has 0 radical (unpaired) electrons. The lowest BCUT2D eigenvalue weighted by molar-refractivity contribution is -0.199. The summed E-state index contributed by atoms with van der Waals surface area (Å²) in [5.74, 6) is -2.50. The molecule has 17 nitrogen and oxygen atoms in total. The van der Waals surface area contributed by atoms with Gasteiger partial charge in [0.25, 0.3) is 5.56 Å². The number of phosphoric acid groups is 1. The second-order valence-corrected chi connectivity index (χ2v) is 18.8. The van der Waals surface area contributed by atoms with E-state index in [0.717, 1.165) is 0 Å². The monoisotopic (exact) mass is 808 g/mol. The predicted octanol–water partition coefficient (Wildman–Crippen LogP) is 3.87. The molecule has 3 aromatic rings. The molecular weight excluding hydrogens is 774 g/mol. The molecule has 1 unspecified atom stereocenters. The molecule has 2 aromatic heterocycles. The maximum absolute atomic E-state index is 14.0. The fourth-order valence-corrected chi connectivity index (χ4v) is 10.3. The van der Waals surface area contributed by atoms with Crippen LogP contribution < -0.4 is 5.56 Å². The number of hydrogen-bond acceptors (Lipinski definition) is 13. The average molecular weight is 810 g/mol. The minimum atomic E-state index is -4.74. The minimum absolute atomic E-state index is 0.0103. The van der Waals surface area contributed by atoms with Gasteiger partial charge in [-0.1, -0.05) is 18.2 Å². The van der Waals surface area contributed by atoms with Crippen molar-refractivity contribution in [3.8, 4) is 0 Å². The number of imidazole rings is 1. The number of nitrogens with zero attached hydrogens (tertiary/aromatic N) is 4. The second kappa shape index (κ2) is 12.8. The van der Waals surface area contributed by atoms with Gasteiger partial charge in [-0.3, -0.25) is 23.0 Å². The van der Waals surface area contributed by atoms with Crippen molar-refractivity contribution in [2.75, 3.05) is 13.2 Å². The highest BCUT2D eigenvalue weighted by Gasteiger charge is 2.58. The first-order chi connectivity index (χ1) is 22.9. The van der Waals surface area contributed by atoms with Crippen molar-refractivity contribution in [2.24, 2.45) is 5.92 Å². The summed E-state index contributed by atoms with van der Waals surface area (Å²) in [4.78, 5) is 52.8. The van der Waals surface area contributed by atoms with Gasteiger partial charge in [0.1, 0.15) is 30.7 Å². The van der Waals surface area contributed by atoms with Crippen LogP contribution >= 0.6 is 41.9 Å². The fourth-order valence-electron chi connectivity index (χ4n) is 6.91. The van der Waals surface area contributed by atoms with Crippen molar-refractivity contribution in [3.63, 3.8) is 0 Å². The van der Waals surface area contributed by atoms with Crippen LogP contribution in [0.4, 0.5) is 0 Å². The quantitative estimate of drug-likeness (QED) is 0.196.